The maximum absolute atomic E-state index is 13.8. The summed E-state index contributed by atoms with van der Waals surface area (Å²) in [6, 6.07) is 14.1. The van der Waals surface area contributed by atoms with E-state index in [0.717, 1.165) is 42.1 Å². The molecule has 0 saturated heterocycles. The van der Waals surface area contributed by atoms with Gasteiger partial charge in [0, 0.05) is 35.7 Å². The van der Waals surface area contributed by atoms with Crippen LogP contribution in [0.15, 0.2) is 59.1 Å². The van der Waals surface area contributed by atoms with Crippen LogP contribution in [-0.4, -0.2) is 27.1 Å². The lowest BCUT2D eigenvalue weighted by molar-refractivity contribution is 0.0918. The van der Waals surface area contributed by atoms with Gasteiger partial charge in [0.15, 0.2) is 0 Å². The van der Waals surface area contributed by atoms with E-state index in [9.17, 15) is 9.18 Å². The van der Waals surface area contributed by atoms with Crippen molar-refractivity contribution in [2.75, 3.05) is 0 Å². The van der Waals surface area contributed by atoms with Gasteiger partial charge in [-0.05, 0) is 98.5 Å². The van der Waals surface area contributed by atoms with Crippen molar-refractivity contribution in [2.24, 2.45) is 5.92 Å². The van der Waals surface area contributed by atoms with E-state index in [1.165, 1.54) is 11.6 Å². The third-order valence-electron chi connectivity index (χ3n) is 6.93. The number of amides is 1. The van der Waals surface area contributed by atoms with Gasteiger partial charge in [-0.1, -0.05) is 0 Å². The Morgan fingerprint density at radius 3 is 2.53 bits per heavy atom. The third-order valence-corrected chi connectivity index (χ3v) is 6.93. The van der Waals surface area contributed by atoms with E-state index >= 15 is 0 Å². The smallest absolute Gasteiger partial charge is 0.251 e. The lowest BCUT2D eigenvalue weighted by atomic mass is 9.75. The topological polar surface area (TPSA) is 80.9 Å². The van der Waals surface area contributed by atoms with Crippen molar-refractivity contribution in [3.05, 3.63) is 77.6 Å². The summed E-state index contributed by atoms with van der Waals surface area (Å²) in [4.78, 5) is 17.2. The fourth-order valence-corrected chi connectivity index (χ4v) is 5.01. The maximum atomic E-state index is 13.8. The molecule has 0 radical (unpaired) electrons. The minimum atomic E-state index is -0.230. The quantitative estimate of drug-likeness (QED) is 0.407. The Labute approximate surface area is 197 Å². The number of rotatable bonds is 5. The Morgan fingerprint density at radius 2 is 1.82 bits per heavy atom. The Hall–Kier alpha value is -3.61. The molecule has 1 saturated carbocycles. The minimum Gasteiger partial charge on any atom is -0.421 e. The van der Waals surface area contributed by atoms with Gasteiger partial charge >= 0.3 is 0 Å². The van der Waals surface area contributed by atoms with Crippen molar-refractivity contribution in [1.82, 2.24) is 20.5 Å². The second-order valence-electron chi connectivity index (χ2n) is 9.14. The molecular weight excluding hydrogens is 431 g/mol. The summed E-state index contributed by atoms with van der Waals surface area (Å²) in [6.07, 6.45) is 5.87. The number of pyridine rings is 1. The summed E-state index contributed by atoms with van der Waals surface area (Å²) >= 11 is 0. The first-order valence-corrected chi connectivity index (χ1v) is 11.7. The van der Waals surface area contributed by atoms with Crippen molar-refractivity contribution < 1.29 is 13.6 Å². The van der Waals surface area contributed by atoms with Crippen molar-refractivity contribution >= 4 is 16.8 Å². The highest BCUT2D eigenvalue weighted by Crippen LogP contribution is 2.39. The number of halogens is 1. The molecule has 0 unspecified atom stereocenters. The average molecular weight is 459 g/mol. The molecule has 1 aliphatic carbocycles. The van der Waals surface area contributed by atoms with Crippen LogP contribution in [0.4, 0.5) is 4.39 Å². The summed E-state index contributed by atoms with van der Waals surface area (Å²) in [5, 5.41) is 11.9. The first-order valence-electron chi connectivity index (χ1n) is 11.7. The van der Waals surface area contributed by atoms with Crippen LogP contribution in [0.25, 0.3) is 22.4 Å². The van der Waals surface area contributed by atoms with Crippen LogP contribution in [0, 0.1) is 18.7 Å². The number of carbonyl (C=O) groups excluding carboxylic acids is 1. The van der Waals surface area contributed by atoms with E-state index in [2.05, 4.69) is 27.4 Å². The Bertz CT molecular complexity index is 1310. The van der Waals surface area contributed by atoms with Gasteiger partial charge in [0.25, 0.3) is 5.91 Å². The van der Waals surface area contributed by atoms with E-state index < -0.39 is 0 Å². The van der Waals surface area contributed by atoms with E-state index in [1.54, 1.807) is 31.2 Å². The van der Waals surface area contributed by atoms with Gasteiger partial charge in [-0.3, -0.25) is 9.78 Å². The summed E-state index contributed by atoms with van der Waals surface area (Å²) in [5.74, 6) is 1.42. The van der Waals surface area contributed by atoms with Crippen molar-refractivity contribution in [2.45, 2.75) is 51.5 Å². The predicted octanol–water partition coefficient (Wildman–Crippen LogP) is 5.82. The molecule has 7 heteroatoms. The van der Waals surface area contributed by atoms with E-state index in [4.69, 9.17) is 4.42 Å². The number of aromatic nitrogens is 3. The number of hydrogen-bond donors (Lipinski definition) is 1. The first kappa shape index (κ1) is 22.2. The lowest BCUT2D eigenvalue weighted by Crippen LogP contribution is -2.39. The molecule has 5 rings (SSSR count). The molecular formula is C27H27FN4O2. The molecule has 2 aromatic heterocycles. The van der Waals surface area contributed by atoms with Crippen LogP contribution < -0.4 is 5.32 Å². The number of benzene rings is 2. The molecule has 0 aliphatic heterocycles. The highest BCUT2D eigenvalue weighted by Gasteiger charge is 2.28. The normalized spacial score (nSPS) is 19.1. The minimum absolute atomic E-state index is 0.0679. The third kappa shape index (κ3) is 4.55. The Kier molecular flexibility index (Phi) is 6.09. The van der Waals surface area contributed by atoms with Crippen LogP contribution in [0.2, 0.25) is 0 Å². The summed E-state index contributed by atoms with van der Waals surface area (Å²) in [7, 11) is 0. The molecule has 34 heavy (non-hydrogen) atoms. The number of nitrogens with zero attached hydrogens (tertiary/aromatic N) is 3. The van der Waals surface area contributed by atoms with Gasteiger partial charge in [0.1, 0.15) is 5.82 Å². The van der Waals surface area contributed by atoms with Crippen molar-refractivity contribution in [3.8, 4) is 11.5 Å². The summed E-state index contributed by atoms with van der Waals surface area (Å²) < 4.78 is 19.3. The monoisotopic (exact) mass is 458 g/mol. The molecule has 1 amide bonds. The largest absolute Gasteiger partial charge is 0.421 e. The molecule has 0 bridgehead atoms. The zero-order valence-electron chi connectivity index (χ0n) is 19.3. The molecule has 1 N–H and O–H groups in total. The van der Waals surface area contributed by atoms with Gasteiger partial charge in [0.05, 0.1) is 5.52 Å². The first-order chi connectivity index (χ1) is 16.5. The number of nitrogens with one attached hydrogen (secondary N) is 1. The SMILES string of the molecule is Cc1nnc(-c2ccc(C(=O)N[C@H](C)[C@H]3CC[C@H](c4ccnc5ccc(F)cc54)CC3)cc2)o1. The summed E-state index contributed by atoms with van der Waals surface area (Å²) in [6.45, 7) is 3.82. The maximum Gasteiger partial charge on any atom is 0.251 e. The number of hydrogen-bond acceptors (Lipinski definition) is 5. The van der Waals surface area contributed by atoms with Gasteiger partial charge in [-0.15, -0.1) is 10.2 Å². The number of fused-ring (bicyclic) bond motifs is 1. The van der Waals surface area contributed by atoms with Crippen LogP contribution in [0.3, 0.4) is 0 Å². The molecule has 174 valence electrons. The zero-order chi connectivity index (χ0) is 23.7. The van der Waals surface area contributed by atoms with E-state index in [-0.39, 0.29) is 17.8 Å². The molecule has 1 fully saturated rings. The second kappa shape index (κ2) is 9.33. The van der Waals surface area contributed by atoms with Gasteiger partial charge in [-0.2, -0.15) is 0 Å². The zero-order valence-corrected chi connectivity index (χ0v) is 19.3. The number of aryl methyl sites for hydroxylation is 1. The standard InChI is InChI=1S/C27H27FN4O2/c1-16(30-26(33)20-7-9-21(10-8-20)27-32-31-17(2)34-27)18-3-5-19(6-4-18)23-13-14-29-25-12-11-22(28)15-24(23)25/h7-16,18-19H,3-6H2,1-2H3,(H,30,33)/t16-,18-,19-/m1/s1. The second-order valence-corrected chi connectivity index (χ2v) is 9.14. The van der Waals surface area contributed by atoms with Crippen molar-refractivity contribution in [3.63, 3.8) is 0 Å². The molecule has 1 aliphatic rings. The molecule has 4 aromatic rings. The van der Waals surface area contributed by atoms with Crippen LogP contribution >= 0.6 is 0 Å². The van der Waals surface area contributed by atoms with Gasteiger partial charge < -0.3 is 9.73 Å². The molecule has 1 atom stereocenters. The lowest BCUT2D eigenvalue weighted by Gasteiger charge is -2.33. The molecule has 6 nitrogen and oxygen atoms in total. The summed E-state index contributed by atoms with van der Waals surface area (Å²) in [5.41, 5.74) is 3.40. The Balaban J connectivity index is 1.20. The number of carbonyl (C=O) groups is 1. The predicted molar refractivity (Wildman–Crippen MR) is 128 cm³/mol. The molecule has 0 spiro atoms. The Morgan fingerprint density at radius 1 is 1.06 bits per heavy atom. The fourth-order valence-electron chi connectivity index (χ4n) is 5.01. The highest BCUT2D eigenvalue weighted by molar-refractivity contribution is 5.94. The van der Waals surface area contributed by atoms with Crippen LogP contribution in [0.5, 0.6) is 0 Å². The fraction of sp³-hybridized carbons (Fsp3) is 0.333. The highest BCUT2D eigenvalue weighted by atomic mass is 19.1. The molecule has 2 aromatic carbocycles. The molecule has 2 heterocycles. The average Bonchev–Trinajstić information content (AvgIpc) is 3.30. The van der Waals surface area contributed by atoms with E-state index in [1.807, 2.05) is 24.4 Å². The van der Waals surface area contributed by atoms with Crippen molar-refractivity contribution in [1.29, 1.82) is 0 Å². The van der Waals surface area contributed by atoms with Gasteiger partial charge in [0.2, 0.25) is 11.8 Å². The van der Waals surface area contributed by atoms with E-state index in [0.29, 0.717) is 29.2 Å². The van der Waals surface area contributed by atoms with Crippen LogP contribution in [0.1, 0.15) is 60.3 Å². The van der Waals surface area contributed by atoms with Gasteiger partial charge in [-0.25, -0.2) is 4.39 Å². The van der Waals surface area contributed by atoms with Crippen LogP contribution in [-0.2, 0) is 0 Å².